The SMILES string of the molecule is CN(CCO)CC(=O)Nc1ccc2c(c1)OCO2. The van der Waals surface area contributed by atoms with Gasteiger partial charge in [-0.25, -0.2) is 0 Å². The molecular weight excluding hydrogens is 236 g/mol. The van der Waals surface area contributed by atoms with E-state index < -0.39 is 0 Å². The highest BCUT2D eigenvalue weighted by Crippen LogP contribution is 2.34. The van der Waals surface area contributed by atoms with Crippen molar-refractivity contribution in [1.82, 2.24) is 4.90 Å². The largest absolute Gasteiger partial charge is 0.454 e. The van der Waals surface area contributed by atoms with Crippen LogP contribution in [0.2, 0.25) is 0 Å². The maximum atomic E-state index is 11.7. The molecule has 0 bridgehead atoms. The van der Waals surface area contributed by atoms with Crippen molar-refractivity contribution in [2.45, 2.75) is 0 Å². The predicted octanol–water partition coefficient (Wildman–Crippen LogP) is 0.278. The van der Waals surface area contributed by atoms with Crippen molar-refractivity contribution in [2.75, 3.05) is 38.9 Å². The molecule has 1 aliphatic rings. The number of carbonyl (C=O) groups is 1. The Labute approximate surface area is 105 Å². The zero-order chi connectivity index (χ0) is 13.0. The van der Waals surface area contributed by atoms with Gasteiger partial charge in [0.25, 0.3) is 0 Å². The summed E-state index contributed by atoms with van der Waals surface area (Å²) in [6.45, 7) is 0.948. The summed E-state index contributed by atoms with van der Waals surface area (Å²) in [4.78, 5) is 13.4. The van der Waals surface area contributed by atoms with Crippen molar-refractivity contribution in [1.29, 1.82) is 0 Å². The summed E-state index contributed by atoms with van der Waals surface area (Å²) in [6.07, 6.45) is 0. The molecule has 98 valence electrons. The van der Waals surface area contributed by atoms with Gasteiger partial charge in [0.05, 0.1) is 13.2 Å². The second-order valence-electron chi connectivity index (χ2n) is 4.08. The summed E-state index contributed by atoms with van der Waals surface area (Å²) in [6, 6.07) is 5.25. The summed E-state index contributed by atoms with van der Waals surface area (Å²) in [7, 11) is 1.77. The van der Waals surface area contributed by atoms with Crippen LogP contribution in [0, 0.1) is 0 Å². The summed E-state index contributed by atoms with van der Waals surface area (Å²) < 4.78 is 10.4. The van der Waals surface area contributed by atoms with E-state index in [4.69, 9.17) is 14.6 Å². The van der Waals surface area contributed by atoms with E-state index in [1.807, 2.05) is 0 Å². The van der Waals surface area contributed by atoms with Crippen molar-refractivity contribution in [3.8, 4) is 11.5 Å². The number of aliphatic hydroxyl groups is 1. The lowest BCUT2D eigenvalue weighted by atomic mass is 10.2. The van der Waals surface area contributed by atoms with Gasteiger partial charge >= 0.3 is 0 Å². The van der Waals surface area contributed by atoms with Gasteiger partial charge < -0.3 is 19.9 Å². The number of nitrogens with one attached hydrogen (secondary N) is 1. The molecule has 18 heavy (non-hydrogen) atoms. The Kier molecular flexibility index (Phi) is 4.01. The van der Waals surface area contributed by atoms with Gasteiger partial charge in [0.15, 0.2) is 11.5 Å². The van der Waals surface area contributed by atoms with E-state index in [1.54, 1.807) is 30.1 Å². The molecule has 1 aliphatic heterocycles. The minimum Gasteiger partial charge on any atom is -0.454 e. The molecule has 0 fully saturated rings. The van der Waals surface area contributed by atoms with Crippen molar-refractivity contribution in [3.63, 3.8) is 0 Å². The van der Waals surface area contributed by atoms with Crippen molar-refractivity contribution in [3.05, 3.63) is 18.2 Å². The second kappa shape index (κ2) is 5.70. The number of carbonyl (C=O) groups excluding carboxylic acids is 1. The molecule has 0 atom stereocenters. The maximum Gasteiger partial charge on any atom is 0.238 e. The third-order valence-electron chi connectivity index (χ3n) is 2.55. The van der Waals surface area contributed by atoms with E-state index in [-0.39, 0.29) is 25.9 Å². The molecule has 0 saturated heterocycles. The molecule has 0 unspecified atom stereocenters. The fraction of sp³-hybridized carbons (Fsp3) is 0.417. The van der Waals surface area contributed by atoms with Gasteiger partial charge in [-0.05, 0) is 19.2 Å². The molecule has 1 aromatic rings. The van der Waals surface area contributed by atoms with Gasteiger partial charge in [-0.3, -0.25) is 9.69 Å². The van der Waals surface area contributed by atoms with E-state index in [9.17, 15) is 4.79 Å². The van der Waals surface area contributed by atoms with Crippen molar-refractivity contribution in [2.24, 2.45) is 0 Å². The maximum absolute atomic E-state index is 11.7. The van der Waals surface area contributed by atoms with Crippen LogP contribution in [0.25, 0.3) is 0 Å². The Balaban J connectivity index is 1.91. The number of aliphatic hydroxyl groups excluding tert-OH is 1. The lowest BCUT2D eigenvalue weighted by Gasteiger charge is -2.14. The number of hydrogen-bond acceptors (Lipinski definition) is 5. The number of ether oxygens (including phenoxy) is 2. The second-order valence-corrected chi connectivity index (χ2v) is 4.08. The molecule has 6 nitrogen and oxygen atoms in total. The Bertz CT molecular complexity index is 436. The van der Waals surface area contributed by atoms with Gasteiger partial charge in [0.2, 0.25) is 12.7 Å². The first-order valence-electron chi connectivity index (χ1n) is 5.68. The van der Waals surface area contributed by atoms with Crippen LogP contribution in [0.3, 0.4) is 0 Å². The Hall–Kier alpha value is -1.79. The van der Waals surface area contributed by atoms with Crippen LogP contribution in [0.1, 0.15) is 0 Å². The van der Waals surface area contributed by atoms with E-state index in [0.717, 1.165) is 0 Å². The van der Waals surface area contributed by atoms with E-state index >= 15 is 0 Å². The molecule has 0 radical (unpaired) electrons. The first-order valence-corrected chi connectivity index (χ1v) is 5.68. The third kappa shape index (κ3) is 3.12. The topological polar surface area (TPSA) is 71.0 Å². The van der Waals surface area contributed by atoms with E-state index in [2.05, 4.69) is 5.32 Å². The lowest BCUT2D eigenvalue weighted by Crippen LogP contribution is -2.32. The van der Waals surface area contributed by atoms with E-state index in [0.29, 0.717) is 23.7 Å². The molecule has 2 rings (SSSR count). The molecule has 1 aromatic carbocycles. The number of hydrogen-bond donors (Lipinski definition) is 2. The molecular formula is C12H16N2O4. The minimum absolute atomic E-state index is 0.0355. The average molecular weight is 252 g/mol. The zero-order valence-corrected chi connectivity index (χ0v) is 10.2. The third-order valence-corrected chi connectivity index (χ3v) is 2.55. The summed E-state index contributed by atoms with van der Waals surface area (Å²) in [5, 5.41) is 11.5. The van der Waals surface area contributed by atoms with Crippen LogP contribution < -0.4 is 14.8 Å². The smallest absolute Gasteiger partial charge is 0.238 e. The fourth-order valence-electron chi connectivity index (χ4n) is 1.67. The fourth-order valence-corrected chi connectivity index (χ4v) is 1.67. The van der Waals surface area contributed by atoms with Gasteiger partial charge in [0, 0.05) is 18.3 Å². The Morgan fingerprint density at radius 3 is 3.00 bits per heavy atom. The Morgan fingerprint density at radius 2 is 2.22 bits per heavy atom. The van der Waals surface area contributed by atoms with Crippen LogP contribution in [0.15, 0.2) is 18.2 Å². The number of anilines is 1. The number of benzene rings is 1. The van der Waals surface area contributed by atoms with Crippen LogP contribution in [0.5, 0.6) is 11.5 Å². The normalized spacial score (nSPS) is 12.8. The molecule has 0 aromatic heterocycles. The van der Waals surface area contributed by atoms with Crippen LogP contribution >= 0.6 is 0 Å². The number of fused-ring (bicyclic) bond motifs is 1. The van der Waals surface area contributed by atoms with Crippen LogP contribution in [0.4, 0.5) is 5.69 Å². The highest BCUT2D eigenvalue weighted by molar-refractivity contribution is 5.92. The number of nitrogens with zero attached hydrogens (tertiary/aromatic N) is 1. The van der Waals surface area contributed by atoms with Gasteiger partial charge in [0.1, 0.15) is 0 Å². The first-order chi connectivity index (χ1) is 8.69. The predicted molar refractivity (Wildman–Crippen MR) is 65.8 cm³/mol. The monoisotopic (exact) mass is 252 g/mol. The Morgan fingerprint density at radius 1 is 1.44 bits per heavy atom. The molecule has 6 heteroatoms. The molecule has 1 heterocycles. The van der Waals surface area contributed by atoms with Gasteiger partial charge in [-0.2, -0.15) is 0 Å². The summed E-state index contributed by atoms with van der Waals surface area (Å²) >= 11 is 0. The average Bonchev–Trinajstić information content (AvgIpc) is 2.76. The van der Waals surface area contributed by atoms with Crippen molar-refractivity contribution >= 4 is 11.6 Å². The molecule has 0 saturated carbocycles. The standard InChI is InChI=1S/C12H16N2O4/c1-14(4-5-15)7-12(16)13-9-2-3-10-11(6-9)18-8-17-10/h2-3,6,15H,4-5,7-8H2,1H3,(H,13,16). The molecule has 1 amide bonds. The van der Waals surface area contributed by atoms with Crippen molar-refractivity contribution < 1.29 is 19.4 Å². The first kappa shape index (κ1) is 12.7. The summed E-state index contributed by atoms with van der Waals surface area (Å²) in [5.74, 6) is 1.19. The highest BCUT2D eigenvalue weighted by Gasteiger charge is 2.14. The van der Waals surface area contributed by atoms with Crippen LogP contribution in [-0.2, 0) is 4.79 Å². The van der Waals surface area contributed by atoms with Crippen LogP contribution in [-0.4, -0.2) is 49.5 Å². The molecule has 0 spiro atoms. The number of amides is 1. The summed E-state index contributed by atoms with van der Waals surface area (Å²) in [5.41, 5.74) is 0.668. The molecule has 2 N–H and O–H groups in total. The van der Waals surface area contributed by atoms with Gasteiger partial charge in [-0.1, -0.05) is 0 Å². The van der Waals surface area contributed by atoms with Gasteiger partial charge in [-0.15, -0.1) is 0 Å². The lowest BCUT2D eigenvalue weighted by molar-refractivity contribution is -0.117. The number of likely N-dealkylation sites (N-methyl/N-ethyl adjacent to an activating group) is 1. The zero-order valence-electron chi connectivity index (χ0n) is 10.2. The molecule has 0 aliphatic carbocycles. The highest BCUT2D eigenvalue weighted by atomic mass is 16.7. The minimum atomic E-state index is -0.134. The van der Waals surface area contributed by atoms with E-state index in [1.165, 1.54) is 0 Å². The number of rotatable bonds is 5. The quantitative estimate of drug-likeness (QED) is 0.787.